The first-order valence-corrected chi connectivity index (χ1v) is 6.36. The zero-order chi connectivity index (χ0) is 12.8. The van der Waals surface area contributed by atoms with Gasteiger partial charge in [0.1, 0.15) is 0 Å². The summed E-state index contributed by atoms with van der Waals surface area (Å²) in [7, 11) is 1.87. The van der Waals surface area contributed by atoms with Gasteiger partial charge in [-0.3, -0.25) is 9.78 Å². The number of halogens is 1. The van der Waals surface area contributed by atoms with Crippen molar-refractivity contribution >= 4 is 27.5 Å². The van der Waals surface area contributed by atoms with Crippen LogP contribution in [0.3, 0.4) is 0 Å². The number of amides is 1. The number of pyridine rings is 1. The molecule has 0 radical (unpaired) electrons. The van der Waals surface area contributed by atoms with Crippen molar-refractivity contribution in [2.75, 3.05) is 25.0 Å². The molecular weight excluding hydrogens is 282 g/mol. The van der Waals surface area contributed by atoms with Gasteiger partial charge in [0, 0.05) is 24.3 Å². The molecule has 0 saturated heterocycles. The second-order valence-electron chi connectivity index (χ2n) is 4.42. The number of nitrogens with zero attached hydrogens (tertiary/aromatic N) is 2. The highest BCUT2D eigenvalue weighted by Crippen LogP contribution is 2.16. The maximum Gasteiger partial charge on any atom is 0.239 e. The summed E-state index contributed by atoms with van der Waals surface area (Å²) in [6.45, 7) is 5.19. The lowest BCUT2D eigenvalue weighted by Crippen LogP contribution is -2.36. The Morgan fingerprint density at radius 3 is 2.82 bits per heavy atom. The van der Waals surface area contributed by atoms with Crippen LogP contribution in [-0.2, 0) is 4.79 Å². The first-order chi connectivity index (χ1) is 7.99. The van der Waals surface area contributed by atoms with E-state index in [0.29, 0.717) is 19.0 Å². The van der Waals surface area contributed by atoms with Gasteiger partial charge >= 0.3 is 0 Å². The van der Waals surface area contributed by atoms with Gasteiger partial charge in [0.2, 0.25) is 5.91 Å². The van der Waals surface area contributed by atoms with Crippen LogP contribution in [0.5, 0.6) is 0 Å². The molecule has 0 aliphatic heterocycles. The van der Waals surface area contributed by atoms with Crippen LogP contribution in [-0.4, -0.2) is 31.0 Å². The molecule has 0 aliphatic carbocycles. The van der Waals surface area contributed by atoms with Gasteiger partial charge in [0.05, 0.1) is 18.4 Å². The number of hydrogen-bond acceptors (Lipinski definition) is 3. The number of nitrogens with one attached hydrogen (secondary N) is 1. The molecule has 1 rings (SSSR count). The lowest BCUT2D eigenvalue weighted by molar-refractivity contribution is -0.119. The van der Waals surface area contributed by atoms with Crippen molar-refractivity contribution < 1.29 is 4.79 Å². The van der Waals surface area contributed by atoms with Crippen molar-refractivity contribution in [3.63, 3.8) is 0 Å². The van der Waals surface area contributed by atoms with Crippen LogP contribution in [0, 0.1) is 5.92 Å². The molecule has 0 aromatic carbocycles. The molecule has 94 valence electrons. The molecular formula is C12H18BrN3O. The summed E-state index contributed by atoms with van der Waals surface area (Å²) < 4.78 is 0.907. The van der Waals surface area contributed by atoms with E-state index < -0.39 is 0 Å². The number of carbonyl (C=O) groups excluding carboxylic acids is 1. The molecule has 1 amide bonds. The van der Waals surface area contributed by atoms with Crippen molar-refractivity contribution in [3.05, 3.63) is 22.9 Å². The highest BCUT2D eigenvalue weighted by Gasteiger charge is 2.08. The zero-order valence-electron chi connectivity index (χ0n) is 10.4. The first-order valence-electron chi connectivity index (χ1n) is 5.57. The van der Waals surface area contributed by atoms with Crippen molar-refractivity contribution in [1.82, 2.24) is 10.3 Å². The summed E-state index contributed by atoms with van der Waals surface area (Å²) in [5.74, 6) is 0.498. The Morgan fingerprint density at radius 2 is 2.24 bits per heavy atom. The van der Waals surface area contributed by atoms with Crippen molar-refractivity contribution in [2.45, 2.75) is 13.8 Å². The van der Waals surface area contributed by atoms with Crippen LogP contribution in [0.4, 0.5) is 5.69 Å². The van der Waals surface area contributed by atoms with Gasteiger partial charge in [-0.2, -0.15) is 0 Å². The minimum Gasteiger partial charge on any atom is -0.364 e. The van der Waals surface area contributed by atoms with E-state index in [-0.39, 0.29) is 5.91 Å². The monoisotopic (exact) mass is 299 g/mol. The van der Waals surface area contributed by atoms with E-state index in [1.54, 1.807) is 12.4 Å². The predicted molar refractivity (Wildman–Crippen MR) is 73.1 cm³/mol. The van der Waals surface area contributed by atoms with Crippen LogP contribution < -0.4 is 10.2 Å². The summed E-state index contributed by atoms with van der Waals surface area (Å²) >= 11 is 3.36. The van der Waals surface area contributed by atoms with Crippen molar-refractivity contribution in [3.8, 4) is 0 Å². The zero-order valence-corrected chi connectivity index (χ0v) is 12.0. The molecule has 0 aliphatic rings. The fraction of sp³-hybridized carbons (Fsp3) is 0.500. The predicted octanol–water partition coefficient (Wildman–Crippen LogP) is 2.05. The van der Waals surface area contributed by atoms with Crippen LogP contribution in [0.2, 0.25) is 0 Å². The van der Waals surface area contributed by atoms with Crippen molar-refractivity contribution in [1.29, 1.82) is 0 Å². The van der Waals surface area contributed by atoms with Gasteiger partial charge in [-0.15, -0.1) is 0 Å². The number of likely N-dealkylation sites (N-methyl/N-ethyl adjacent to an activating group) is 1. The molecule has 0 atom stereocenters. The summed E-state index contributed by atoms with van der Waals surface area (Å²) in [5, 5.41) is 2.88. The molecule has 0 bridgehead atoms. The average molecular weight is 300 g/mol. The van der Waals surface area contributed by atoms with Crippen LogP contribution in [0.25, 0.3) is 0 Å². The second-order valence-corrected chi connectivity index (χ2v) is 5.33. The number of rotatable bonds is 5. The summed E-state index contributed by atoms with van der Waals surface area (Å²) in [4.78, 5) is 17.6. The Bertz CT molecular complexity index is 382. The smallest absolute Gasteiger partial charge is 0.239 e. The van der Waals surface area contributed by atoms with Gasteiger partial charge in [-0.1, -0.05) is 13.8 Å². The number of hydrogen-bond donors (Lipinski definition) is 1. The van der Waals surface area contributed by atoms with Gasteiger partial charge in [-0.05, 0) is 27.9 Å². The Morgan fingerprint density at radius 1 is 1.53 bits per heavy atom. The molecule has 0 saturated carbocycles. The molecule has 1 aromatic rings. The summed E-state index contributed by atoms with van der Waals surface area (Å²) in [5.41, 5.74) is 0.916. The Kier molecular flexibility index (Phi) is 5.41. The van der Waals surface area contributed by atoms with Gasteiger partial charge in [0.15, 0.2) is 0 Å². The molecule has 1 N–H and O–H groups in total. The SMILES string of the molecule is CC(C)CNC(=O)CN(C)c1cncc(Br)c1. The average Bonchev–Trinajstić information content (AvgIpc) is 2.26. The van der Waals surface area contributed by atoms with E-state index in [0.717, 1.165) is 10.2 Å². The van der Waals surface area contributed by atoms with Crippen LogP contribution in [0.15, 0.2) is 22.9 Å². The minimum atomic E-state index is 0.0289. The molecule has 0 unspecified atom stereocenters. The summed E-state index contributed by atoms with van der Waals surface area (Å²) in [6, 6.07) is 1.93. The maximum absolute atomic E-state index is 11.6. The Labute approximate surface area is 111 Å². The van der Waals surface area contributed by atoms with Crippen LogP contribution >= 0.6 is 15.9 Å². The first kappa shape index (κ1) is 14.0. The fourth-order valence-electron chi connectivity index (χ4n) is 1.29. The minimum absolute atomic E-state index is 0.0289. The molecule has 0 spiro atoms. The van der Waals surface area contributed by atoms with E-state index in [4.69, 9.17) is 0 Å². The highest BCUT2D eigenvalue weighted by molar-refractivity contribution is 9.10. The third-order valence-corrected chi connectivity index (χ3v) is 2.65. The third-order valence-electron chi connectivity index (χ3n) is 2.22. The Hall–Kier alpha value is -1.10. The highest BCUT2D eigenvalue weighted by atomic mass is 79.9. The molecule has 17 heavy (non-hydrogen) atoms. The lowest BCUT2D eigenvalue weighted by Gasteiger charge is -2.18. The summed E-state index contributed by atoms with van der Waals surface area (Å²) in [6.07, 6.45) is 3.46. The molecule has 5 heteroatoms. The normalized spacial score (nSPS) is 10.4. The van der Waals surface area contributed by atoms with Gasteiger partial charge in [0.25, 0.3) is 0 Å². The maximum atomic E-state index is 11.6. The van der Waals surface area contributed by atoms with E-state index in [1.807, 2.05) is 18.0 Å². The topological polar surface area (TPSA) is 45.2 Å². The number of anilines is 1. The Balaban J connectivity index is 2.48. The van der Waals surface area contributed by atoms with E-state index in [2.05, 4.69) is 40.1 Å². The number of aromatic nitrogens is 1. The van der Waals surface area contributed by atoms with Crippen molar-refractivity contribution in [2.24, 2.45) is 5.92 Å². The van der Waals surface area contributed by atoms with Gasteiger partial charge in [-0.25, -0.2) is 0 Å². The van der Waals surface area contributed by atoms with Crippen LogP contribution in [0.1, 0.15) is 13.8 Å². The molecule has 1 aromatic heterocycles. The second kappa shape index (κ2) is 6.59. The third kappa shape index (κ3) is 5.17. The lowest BCUT2D eigenvalue weighted by atomic mass is 10.2. The fourth-order valence-corrected chi connectivity index (χ4v) is 1.64. The van der Waals surface area contributed by atoms with E-state index in [1.165, 1.54) is 0 Å². The quantitative estimate of drug-likeness (QED) is 0.905. The number of carbonyl (C=O) groups is 1. The molecule has 0 fully saturated rings. The van der Waals surface area contributed by atoms with Gasteiger partial charge < -0.3 is 10.2 Å². The largest absolute Gasteiger partial charge is 0.364 e. The van der Waals surface area contributed by atoms with E-state index in [9.17, 15) is 4.79 Å². The molecule has 4 nitrogen and oxygen atoms in total. The van der Waals surface area contributed by atoms with E-state index >= 15 is 0 Å². The standard InChI is InChI=1S/C12H18BrN3O/c1-9(2)5-15-12(17)8-16(3)11-4-10(13)6-14-7-11/h4,6-7,9H,5,8H2,1-3H3,(H,15,17). The molecule has 1 heterocycles.